The van der Waals surface area contributed by atoms with Gasteiger partial charge >= 0.3 is 0 Å². The number of hydrogen-bond donors (Lipinski definition) is 1. The summed E-state index contributed by atoms with van der Waals surface area (Å²) in [5, 5.41) is 1.03. The first-order valence-electron chi connectivity index (χ1n) is 6.01. The molecule has 18 heavy (non-hydrogen) atoms. The van der Waals surface area contributed by atoms with Gasteiger partial charge in [-0.3, -0.25) is 0 Å². The van der Waals surface area contributed by atoms with Gasteiger partial charge < -0.3 is 15.2 Å². The Morgan fingerprint density at radius 1 is 1.28 bits per heavy atom. The largest absolute Gasteiger partial charge is 0.491 e. The Labute approximate surface area is 107 Å². The Balaban J connectivity index is 2.15. The molecule has 1 aromatic carbocycles. The highest BCUT2D eigenvalue weighted by molar-refractivity contribution is 5.85. The number of fused-ring (bicyclic) bond motifs is 1. The summed E-state index contributed by atoms with van der Waals surface area (Å²) in [5.41, 5.74) is 6.51. The second-order valence-corrected chi connectivity index (χ2v) is 4.25. The van der Waals surface area contributed by atoms with Crippen molar-refractivity contribution in [3.05, 3.63) is 30.3 Å². The number of nitrogens with zero attached hydrogens (tertiary/aromatic N) is 1. The highest BCUT2D eigenvalue weighted by Gasteiger charge is 2.05. The maximum absolute atomic E-state index is 5.75. The summed E-state index contributed by atoms with van der Waals surface area (Å²) in [6, 6.07) is 9.59. The smallest absolute Gasteiger partial charge is 0.145 e. The standard InChI is InChI=1S/C14H18N2O2/c1-10(17-2)8-9-18-12-5-3-4-11-6-7-13(15)16-14(11)12/h3-7,10H,8-9H2,1-2H3,(H2,15,16). The number of ether oxygens (including phenoxy) is 2. The van der Waals surface area contributed by atoms with Crippen molar-refractivity contribution in [1.82, 2.24) is 4.98 Å². The van der Waals surface area contributed by atoms with Crippen molar-refractivity contribution in [3.63, 3.8) is 0 Å². The minimum Gasteiger partial charge on any atom is -0.491 e. The predicted molar refractivity (Wildman–Crippen MR) is 72.7 cm³/mol. The lowest BCUT2D eigenvalue weighted by molar-refractivity contribution is 0.0958. The molecule has 0 aliphatic heterocycles. The van der Waals surface area contributed by atoms with E-state index in [2.05, 4.69) is 4.98 Å². The van der Waals surface area contributed by atoms with Crippen molar-refractivity contribution < 1.29 is 9.47 Å². The fraction of sp³-hybridized carbons (Fsp3) is 0.357. The predicted octanol–water partition coefficient (Wildman–Crippen LogP) is 2.62. The van der Waals surface area contributed by atoms with Gasteiger partial charge in [-0.2, -0.15) is 0 Å². The number of nitrogen functional groups attached to an aromatic ring is 1. The van der Waals surface area contributed by atoms with Crippen LogP contribution in [0.3, 0.4) is 0 Å². The Morgan fingerprint density at radius 3 is 2.89 bits per heavy atom. The summed E-state index contributed by atoms with van der Waals surface area (Å²) in [4.78, 5) is 4.32. The quantitative estimate of drug-likeness (QED) is 0.881. The monoisotopic (exact) mass is 246 g/mol. The molecule has 0 saturated carbocycles. The van der Waals surface area contributed by atoms with E-state index in [9.17, 15) is 0 Å². The number of rotatable bonds is 5. The van der Waals surface area contributed by atoms with Gasteiger partial charge in [0, 0.05) is 18.9 Å². The number of methoxy groups -OCH3 is 1. The third-order valence-electron chi connectivity index (χ3n) is 2.89. The molecule has 1 atom stereocenters. The molecule has 0 bridgehead atoms. The summed E-state index contributed by atoms with van der Waals surface area (Å²) >= 11 is 0. The van der Waals surface area contributed by atoms with E-state index in [4.69, 9.17) is 15.2 Å². The first-order chi connectivity index (χ1) is 8.70. The second-order valence-electron chi connectivity index (χ2n) is 4.25. The molecule has 1 aromatic heterocycles. The molecular weight excluding hydrogens is 228 g/mol. The molecule has 0 spiro atoms. The van der Waals surface area contributed by atoms with Gasteiger partial charge in [0.2, 0.25) is 0 Å². The Hall–Kier alpha value is -1.81. The van der Waals surface area contributed by atoms with E-state index in [0.717, 1.165) is 23.1 Å². The third kappa shape index (κ3) is 2.90. The fourth-order valence-electron chi connectivity index (χ4n) is 1.70. The summed E-state index contributed by atoms with van der Waals surface area (Å²) in [6.07, 6.45) is 1.04. The van der Waals surface area contributed by atoms with Crippen LogP contribution in [0.1, 0.15) is 13.3 Å². The maximum Gasteiger partial charge on any atom is 0.145 e. The molecule has 2 rings (SSSR count). The zero-order valence-electron chi connectivity index (χ0n) is 10.7. The fourth-order valence-corrected chi connectivity index (χ4v) is 1.70. The van der Waals surface area contributed by atoms with Crippen molar-refractivity contribution >= 4 is 16.7 Å². The van der Waals surface area contributed by atoms with Crippen LogP contribution in [0.4, 0.5) is 5.82 Å². The average Bonchev–Trinajstić information content (AvgIpc) is 2.39. The highest BCUT2D eigenvalue weighted by Crippen LogP contribution is 2.24. The minimum absolute atomic E-state index is 0.193. The number of nitrogens with two attached hydrogens (primary N) is 1. The van der Waals surface area contributed by atoms with Crippen molar-refractivity contribution in [2.24, 2.45) is 0 Å². The number of para-hydroxylation sites is 1. The second kappa shape index (κ2) is 5.69. The van der Waals surface area contributed by atoms with Crippen molar-refractivity contribution in [2.75, 3.05) is 19.5 Å². The van der Waals surface area contributed by atoms with E-state index in [0.29, 0.717) is 12.4 Å². The van der Waals surface area contributed by atoms with Crippen molar-refractivity contribution in [3.8, 4) is 5.75 Å². The van der Waals surface area contributed by atoms with Gasteiger partial charge in [-0.05, 0) is 25.1 Å². The molecule has 0 amide bonds. The molecule has 96 valence electrons. The van der Waals surface area contributed by atoms with Crippen LogP contribution in [0.25, 0.3) is 10.9 Å². The molecule has 0 fully saturated rings. The highest BCUT2D eigenvalue weighted by atomic mass is 16.5. The first-order valence-corrected chi connectivity index (χ1v) is 6.01. The lowest BCUT2D eigenvalue weighted by Gasteiger charge is -2.12. The molecule has 2 N–H and O–H groups in total. The number of hydrogen-bond acceptors (Lipinski definition) is 4. The van der Waals surface area contributed by atoms with Gasteiger partial charge in [0.25, 0.3) is 0 Å². The lowest BCUT2D eigenvalue weighted by atomic mass is 10.2. The molecule has 0 saturated heterocycles. The number of aromatic nitrogens is 1. The molecule has 0 aliphatic carbocycles. The molecule has 4 heteroatoms. The summed E-state index contributed by atoms with van der Waals surface area (Å²) in [5.74, 6) is 1.27. The van der Waals surface area contributed by atoms with Gasteiger partial charge in [0.1, 0.15) is 17.1 Å². The van der Waals surface area contributed by atoms with E-state index < -0.39 is 0 Å². The van der Waals surface area contributed by atoms with Gasteiger partial charge in [-0.1, -0.05) is 12.1 Å². The number of benzene rings is 1. The third-order valence-corrected chi connectivity index (χ3v) is 2.89. The van der Waals surface area contributed by atoms with Crippen LogP contribution in [0, 0.1) is 0 Å². The molecule has 2 aromatic rings. The Morgan fingerprint density at radius 2 is 2.11 bits per heavy atom. The van der Waals surface area contributed by atoms with Gasteiger partial charge in [0.15, 0.2) is 0 Å². The van der Waals surface area contributed by atoms with Crippen LogP contribution in [0.15, 0.2) is 30.3 Å². The maximum atomic E-state index is 5.75. The summed E-state index contributed by atoms with van der Waals surface area (Å²) in [7, 11) is 1.70. The van der Waals surface area contributed by atoms with Crippen LogP contribution >= 0.6 is 0 Å². The topological polar surface area (TPSA) is 57.4 Å². The van der Waals surface area contributed by atoms with Crippen LogP contribution in [-0.4, -0.2) is 24.8 Å². The summed E-state index contributed by atoms with van der Waals surface area (Å²) < 4.78 is 10.9. The molecular formula is C14H18N2O2. The zero-order chi connectivity index (χ0) is 13.0. The van der Waals surface area contributed by atoms with Crippen LogP contribution < -0.4 is 10.5 Å². The van der Waals surface area contributed by atoms with Gasteiger partial charge in [-0.25, -0.2) is 4.98 Å². The molecule has 0 radical (unpaired) electrons. The first kappa shape index (κ1) is 12.6. The van der Waals surface area contributed by atoms with E-state index in [1.54, 1.807) is 13.2 Å². The Kier molecular flexibility index (Phi) is 3.99. The molecule has 0 aliphatic rings. The van der Waals surface area contributed by atoms with E-state index in [1.165, 1.54) is 0 Å². The van der Waals surface area contributed by atoms with Crippen LogP contribution in [0.2, 0.25) is 0 Å². The Bertz CT molecular complexity index is 528. The SMILES string of the molecule is COC(C)CCOc1cccc2ccc(N)nc12. The van der Waals surface area contributed by atoms with E-state index in [1.807, 2.05) is 31.2 Å². The number of anilines is 1. The normalized spacial score (nSPS) is 12.6. The average molecular weight is 246 g/mol. The number of pyridine rings is 1. The molecule has 1 unspecified atom stereocenters. The van der Waals surface area contributed by atoms with Crippen LogP contribution in [-0.2, 0) is 4.74 Å². The lowest BCUT2D eigenvalue weighted by Crippen LogP contribution is -2.10. The van der Waals surface area contributed by atoms with Crippen LogP contribution in [0.5, 0.6) is 5.75 Å². The minimum atomic E-state index is 0.193. The van der Waals surface area contributed by atoms with E-state index in [-0.39, 0.29) is 6.10 Å². The van der Waals surface area contributed by atoms with E-state index >= 15 is 0 Å². The van der Waals surface area contributed by atoms with Crippen molar-refractivity contribution in [2.45, 2.75) is 19.4 Å². The molecule has 4 nitrogen and oxygen atoms in total. The van der Waals surface area contributed by atoms with Crippen molar-refractivity contribution in [1.29, 1.82) is 0 Å². The summed E-state index contributed by atoms with van der Waals surface area (Å²) in [6.45, 7) is 2.62. The molecule has 1 heterocycles. The van der Waals surface area contributed by atoms with Gasteiger partial charge in [-0.15, -0.1) is 0 Å². The van der Waals surface area contributed by atoms with Gasteiger partial charge in [0.05, 0.1) is 12.7 Å². The zero-order valence-corrected chi connectivity index (χ0v) is 10.7.